The van der Waals surface area contributed by atoms with E-state index in [2.05, 4.69) is 0 Å². The van der Waals surface area contributed by atoms with Gasteiger partial charge in [0.05, 0.1) is 5.92 Å². The molecule has 2 nitrogen and oxygen atoms in total. The van der Waals surface area contributed by atoms with Crippen molar-refractivity contribution in [2.75, 3.05) is 0 Å². The summed E-state index contributed by atoms with van der Waals surface area (Å²) in [5.74, 6) is -0.910. The Morgan fingerprint density at radius 1 is 1.50 bits per heavy atom. The Kier molecular flexibility index (Phi) is 2.95. The van der Waals surface area contributed by atoms with Crippen LogP contribution in [-0.2, 0) is 11.2 Å². The van der Waals surface area contributed by atoms with E-state index in [0.29, 0.717) is 0 Å². The third kappa shape index (κ3) is 2.08. The molecule has 0 saturated heterocycles. The molecular weight excluding hydrogens is 207 g/mol. The van der Waals surface area contributed by atoms with Crippen LogP contribution in [-0.4, -0.2) is 11.1 Å². The zero-order valence-electron chi connectivity index (χ0n) is 9.24. The molecule has 86 valence electrons. The predicted molar refractivity (Wildman–Crippen MR) is 58.7 cm³/mol. The largest absolute Gasteiger partial charge is 0.481 e. The summed E-state index contributed by atoms with van der Waals surface area (Å²) in [6.45, 7) is 1.87. The van der Waals surface area contributed by atoms with Gasteiger partial charge in [-0.1, -0.05) is 6.07 Å². The van der Waals surface area contributed by atoms with E-state index in [1.807, 2.05) is 6.92 Å². The summed E-state index contributed by atoms with van der Waals surface area (Å²) in [6.07, 6.45) is 2.50. The van der Waals surface area contributed by atoms with Crippen molar-refractivity contribution >= 4 is 5.97 Å². The standard InChI is InChI=1S/C13H15FO2/c1-8-6-11(14)4-2-9(8)7-10-3-5-12(10)13(15)16/h2,4,6,10,12H,3,5,7H2,1H3,(H,15,16). The van der Waals surface area contributed by atoms with Crippen LogP contribution in [0.3, 0.4) is 0 Å². The van der Waals surface area contributed by atoms with Crippen molar-refractivity contribution in [3.05, 3.63) is 35.1 Å². The molecule has 1 aliphatic carbocycles. The fourth-order valence-corrected chi connectivity index (χ4v) is 2.31. The molecule has 16 heavy (non-hydrogen) atoms. The first-order valence-electron chi connectivity index (χ1n) is 5.56. The van der Waals surface area contributed by atoms with Gasteiger partial charge in [-0.3, -0.25) is 4.79 Å². The molecule has 2 unspecified atom stereocenters. The number of rotatable bonds is 3. The van der Waals surface area contributed by atoms with Gasteiger partial charge in [-0.2, -0.15) is 0 Å². The molecule has 3 heteroatoms. The first kappa shape index (κ1) is 11.1. The van der Waals surface area contributed by atoms with E-state index >= 15 is 0 Å². The smallest absolute Gasteiger partial charge is 0.306 e. The quantitative estimate of drug-likeness (QED) is 0.853. The van der Waals surface area contributed by atoms with Gasteiger partial charge in [0.1, 0.15) is 5.82 Å². The molecule has 0 aromatic heterocycles. The molecule has 0 spiro atoms. The molecule has 1 saturated carbocycles. The monoisotopic (exact) mass is 222 g/mol. The topological polar surface area (TPSA) is 37.3 Å². The van der Waals surface area contributed by atoms with Crippen LogP contribution in [0.5, 0.6) is 0 Å². The van der Waals surface area contributed by atoms with E-state index in [0.717, 1.165) is 30.4 Å². The normalized spacial score (nSPS) is 23.9. The van der Waals surface area contributed by atoms with Crippen molar-refractivity contribution in [1.82, 2.24) is 0 Å². The van der Waals surface area contributed by atoms with Gasteiger partial charge in [0.15, 0.2) is 0 Å². The molecule has 0 heterocycles. The van der Waals surface area contributed by atoms with Gasteiger partial charge in [-0.15, -0.1) is 0 Å². The lowest BCUT2D eigenvalue weighted by atomic mass is 9.70. The van der Waals surface area contributed by atoms with Crippen molar-refractivity contribution in [2.24, 2.45) is 11.8 Å². The van der Waals surface area contributed by atoms with E-state index < -0.39 is 5.97 Å². The summed E-state index contributed by atoms with van der Waals surface area (Å²) in [6, 6.07) is 4.71. The summed E-state index contributed by atoms with van der Waals surface area (Å²) in [5.41, 5.74) is 1.98. The number of hydrogen-bond donors (Lipinski definition) is 1. The van der Waals surface area contributed by atoms with Gasteiger partial charge in [-0.25, -0.2) is 4.39 Å². The number of carboxylic acid groups (broad SMARTS) is 1. The van der Waals surface area contributed by atoms with E-state index in [9.17, 15) is 9.18 Å². The Morgan fingerprint density at radius 2 is 2.25 bits per heavy atom. The molecule has 2 atom stereocenters. The van der Waals surface area contributed by atoms with Gasteiger partial charge < -0.3 is 5.11 Å². The molecule has 1 aromatic carbocycles. The third-order valence-electron chi connectivity index (χ3n) is 3.52. The van der Waals surface area contributed by atoms with E-state index in [1.165, 1.54) is 12.1 Å². The molecule has 0 amide bonds. The second-order valence-corrected chi connectivity index (χ2v) is 4.56. The minimum absolute atomic E-state index is 0.204. The van der Waals surface area contributed by atoms with E-state index in [1.54, 1.807) is 6.07 Å². The lowest BCUT2D eigenvalue weighted by molar-refractivity contribution is -0.147. The molecule has 1 aliphatic rings. The molecule has 1 fully saturated rings. The average Bonchev–Trinajstić information content (AvgIpc) is 2.13. The van der Waals surface area contributed by atoms with Gasteiger partial charge in [0, 0.05) is 0 Å². The molecule has 1 aromatic rings. The Labute approximate surface area is 94.1 Å². The Balaban J connectivity index is 2.07. The predicted octanol–water partition coefficient (Wildman–Crippen LogP) is 2.79. The molecular formula is C13H15FO2. The van der Waals surface area contributed by atoms with Crippen LogP contribution in [0.2, 0.25) is 0 Å². The first-order chi connectivity index (χ1) is 7.58. The highest BCUT2D eigenvalue weighted by molar-refractivity contribution is 5.71. The zero-order valence-corrected chi connectivity index (χ0v) is 9.24. The summed E-state index contributed by atoms with van der Waals surface area (Å²) in [5, 5.41) is 8.94. The maximum absolute atomic E-state index is 12.9. The number of carbonyl (C=O) groups is 1. The molecule has 0 radical (unpaired) electrons. The van der Waals surface area contributed by atoms with Gasteiger partial charge in [-0.05, 0) is 55.4 Å². The Bertz CT molecular complexity index is 414. The maximum Gasteiger partial charge on any atom is 0.306 e. The lowest BCUT2D eigenvalue weighted by Crippen LogP contribution is -2.34. The Hall–Kier alpha value is -1.38. The number of benzene rings is 1. The number of hydrogen-bond acceptors (Lipinski definition) is 1. The molecule has 1 N–H and O–H groups in total. The number of aryl methyl sites for hydroxylation is 1. The molecule has 0 aliphatic heterocycles. The Morgan fingerprint density at radius 3 is 2.75 bits per heavy atom. The highest BCUT2D eigenvalue weighted by Crippen LogP contribution is 2.37. The second kappa shape index (κ2) is 4.24. The summed E-state index contributed by atoms with van der Waals surface area (Å²) >= 11 is 0. The van der Waals surface area contributed by atoms with Gasteiger partial charge >= 0.3 is 5.97 Å². The highest BCUT2D eigenvalue weighted by Gasteiger charge is 2.36. The van der Waals surface area contributed by atoms with Gasteiger partial charge in [0.25, 0.3) is 0 Å². The maximum atomic E-state index is 12.9. The molecule has 2 rings (SSSR count). The fraction of sp³-hybridized carbons (Fsp3) is 0.462. The fourth-order valence-electron chi connectivity index (χ4n) is 2.31. The van der Waals surface area contributed by atoms with Crippen LogP contribution in [0.4, 0.5) is 4.39 Å². The summed E-state index contributed by atoms with van der Waals surface area (Å²) in [4.78, 5) is 10.9. The average molecular weight is 222 g/mol. The third-order valence-corrected chi connectivity index (χ3v) is 3.52. The second-order valence-electron chi connectivity index (χ2n) is 4.56. The van der Waals surface area contributed by atoms with Gasteiger partial charge in [0.2, 0.25) is 0 Å². The SMILES string of the molecule is Cc1cc(F)ccc1CC1CCC1C(=O)O. The minimum atomic E-state index is -0.698. The van der Waals surface area contributed by atoms with E-state index in [4.69, 9.17) is 5.11 Å². The van der Waals surface area contributed by atoms with Crippen molar-refractivity contribution in [2.45, 2.75) is 26.2 Å². The summed E-state index contributed by atoms with van der Waals surface area (Å²) in [7, 11) is 0. The lowest BCUT2D eigenvalue weighted by Gasteiger charge is -2.33. The minimum Gasteiger partial charge on any atom is -0.481 e. The van der Waals surface area contributed by atoms with Crippen molar-refractivity contribution in [1.29, 1.82) is 0 Å². The number of halogens is 1. The summed E-state index contributed by atoms with van der Waals surface area (Å²) < 4.78 is 12.9. The number of carboxylic acids is 1. The van der Waals surface area contributed by atoms with Crippen LogP contribution >= 0.6 is 0 Å². The van der Waals surface area contributed by atoms with Crippen molar-refractivity contribution < 1.29 is 14.3 Å². The van der Waals surface area contributed by atoms with Crippen LogP contribution in [0.15, 0.2) is 18.2 Å². The van der Waals surface area contributed by atoms with Crippen molar-refractivity contribution in [3.63, 3.8) is 0 Å². The van der Waals surface area contributed by atoms with Crippen LogP contribution < -0.4 is 0 Å². The van der Waals surface area contributed by atoms with Crippen LogP contribution in [0.1, 0.15) is 24.0 Å². The van der Waals surface area contributed by atoms with Crippen LogP contribution in [0.25, 0.3) is 0 Å². The highest BCUT2D eigenvalue weighted by atomic mass is 19.1. The van der Waals surface area contributed by atoms with Crippen LogP contribution in [0, 0.1) is 24.6 Å². The van der Waals surface area contributed by atoms with E-state index in [-0.39, 0.29) is 17.7 Å². The first-order valence-corrected chi connectivity index (χ1v) is 5.56. The zero-order chi connectivity index (χ0) is 11.7. The molecule has 0 bridgehead atoms. The number of aliphatic carboxylic acids is 1. The van der Waals surface area contributed by atoms with Crippen molar-refractivity contribution in [3.8, 4) is 0 Å².